The number of benzene rings is 2. The normalized spacial score (nSPS) is 9.59. The molecular weight excluding hydrogens is 438 g/mol. The highest BCUT2D eigenvalue weighted by Gasteiger charge is 2.09. The summed E-state index contributed by atoms with van der Waals surface area (Å²) in [5, 5.41) is 9.38. The van der Waals surface area contributed by atoms with Crippen LogP contribution in [-0.4, -0.2) is 19.1 Å². The Balaban J connectivity index is 0.000000271. The van der Waals surface area contributed by atoms with Gasteiger partial charge in [-0.2, -0.15) is 5.26 Å². The van der Waals surface area contributed by atoms with Crippen LogP contribution >= 0.6 is 46.4 Å². The second-order valence-corrected chi connectivity index (χ2v) is 6.46. The molecule has 0 aliphatic rings. The van der Waals surface area contributed by atoms with Crippen molar-refractivity contribution in [2.24, 2.45) is 5.73 Å². The van der Waals surface area contributed by atoms with E-state index in [1.54, 1.807) is 0 Å². The first-order valence-corrected chi connectivity index (χ1v) is 8.56. The van der Waals surface area contributed by atoms with Gasteiger partial charge in [-0.05, 0) is 24.3 Å². The predicted octanol–water partition coefficient (Wildman–Crippen LogP) is 3.92. The van der Waals surface area contributed by atoms with Crippen LogP contribution in [0, 0.1) is 11.3 Å². The summed E-state index contributed by atoms with van der Waals surface area (Å²) in [6, 6.07) is 7.79. The SMILES string of the molecule is N#CCOc1c(Cl)cc(N)cc1Cl.NC(=O)COc1c(Cl)cc(N)cc1Cl. The molecule has 0 aliphatic carbocycles. The standard InChI is InChI=1S/C8H8Cl2N2O2.C8H6Cl2N2O/c9-5-1-4(11)2-6(10)8(5)14-3-7(12)13;9-6-3-5(12)4-7(10)8(6)13-2-1-11/h1-2H,3,11H2,(H2,12,13);3-4H,2,12H2. The minimum absolute atomic E-state index is 0.0939. The second kappa shape index (κ2) is 10.8. The monoisotopic (exact) mass is 450 g/mol. The molecule has 0 fully saturated rings. The van der Waals surface area contributed by atoms with Crippen molar-refractivity contribution in [3.63, 3.8) is 0 Å². The maximum absolute atomic E-state index is 10.4. The molecule has 2 aromatic carbocycles. The predicted molar refractivity (Wildman–Crippen MR) is 108 cm³/mol. The van der Waals surface area contributed by atoms with Crippen LogP contribution in [0.3, 0.4) is 0 Å². The lowest BCUT2D eigenvalue weighted by molar-refractivity contribution is -0.119. The van der Waals surface area contributed by atoms with E-state index in [0.29, 0.717) is 27.2 Å². The van der Waals surface area contributed by atoms with E-state index in [9.17, 15) is 4.79 Å². The van der Waals surface area contributed by atoms with Crippen LogP contribution in [0.4, 0.5) is 11.4 Å². The van der Waals surface area contributed by atoms with Gasteiger partial charge in [0.05, 0.1) is 20.1 Å². The van der Waals surface area contributed by atoms with Crippen LogP contribution in [0.2, 0.25) is 20.1 Å². The number of nitrogens with two attached hydrogens (primary N) is 3. The van der Waals surface area contributed by atoms with Crippen LogP contribution in [0.1, 0.15) is 0 Å². The van der Waals surface area contributed by atoms with Crippen molar-refractivity contribution in [3.8, 4) is 17.6 Å². The number of carbonyl (C=O) groups excluding carboxylic acids is 1. The highest BCUT2D eigenvalue weighted by Crippen LogP contribution is 2.35. The summed E-state index contributed by atoms with van der Waals surface area (Å²) in [6.45, 7) is -0.368. The molecule has 1 amide bonds. The topological polar surface area (TPSA) is 137 Å². The van der Waals surface area contributed by atoms with E-state index in [4.69, 9.17) is 78.3 Å². The van der Waals surface area contributed by atoms with Crippen molar-refractivity contribution in [2.75, 3.05) is 24.7 Å². The maximum atomic E-state index is 10.4. The first kappa shape index (κ1) is 22.8. The Morgan fingerprint density at radius 2 is 1.26 bits per heavy atom. The number of hydrogen-bond acceptors (Lipinski definition) is 6. The van der Waals surface area contributed by atoms with Crippen LogP contribution in [0.25, 0.3) is 0 Å². The van der Waals surface area contributed by atoms with E-state index >= 15 is 0 Å². The fourth-order valence-electron chi connectivity index (χ4n) is 1.68. The van der Waals surface area contributed by atoms with E-state index in [0.717, 1.165) is 0 Å². The molecular formula is C16H14Cl4N4O3. The number of nitrogen functional groups attached to an aromatic ring is 2. The minimum Gasteiger partial charge on any atom is -0.481 e. The van der Waals surface area contributed by atoms with Gasteiger partial charge < -0.3 is 26.7 Å². The Morgan fingerprint density at radius 3 is 1.59 bits per heavy atom. The van der Waals surface area contributed by atoms with Crippen LogP contribution in [0.15, 0.2) is 24.3 Å². The zero-order valence-electron chi connectivity index (χ0n) is 13.6. The van der Waals surface area contributed by atoms with Gasteiger partial charge in [0.25, 0.3) is 5.91 Å². The Kier molecular flexibility index (Phi) is 9.12. The number of hydrogen-bond donors (Lipinski definition) is 3. The Labute approximate surface area is 175 Å². The first-order valence-electron chi connectivity index (χ1n) is 7.05. The molecule has 0 bridgehead atoms. The van der Waals surface area contributed by atoms with Gasteiger partial charge in [-0.25, -0.2) is 0 Å². The van der Waals surface area contributed by atoms with E-state index in [2.05, 4.69) is 0 Å². The number of nitriles is 1. The van der Waals surface area contributed by atoms with Crippen molar-refractivity contribution in [1.82, 2.24) is 0 Å². The second-order valence-electron chi connectivity index (χ2n) is 4.83. The number of ether oxygens (including phenoxy) is 2. The lowest BCUT2D eigenvalue weighted by Crippen LogP contribution is -2.20. The Hall–Kier alpha value is -2.24. The largest absolute Gasteiger partial charge is 0.481 e. The number of carbonyl (C=O) groups is 1. The molecule has 2 aromatic rings. The van der Waals surface area contributed by atoms with Gasteiger partial charge in [0.15, 0.2) is 24.7 Å². The van der Waals surface area contributed by atoms with E-state index in [1.165, 1.54) is 24.3 Å². The van der Waals surface area contributed by atoms with Crippen LogP contribution < -0.4 is 26.7 Å². The molecule has 0 radical (unpaired) electrons. The number of rotatable bonds is 5. The van der Waals surface area contributed by atoms with Gasteiger partial charge in [-0.3, -0.25) is 4.79 Å². The minimum atomic E-state index is -0.603. The molecule has 7 nitrogen and oxygen atoms in total. The molecule has 0 aromatic heterocycles. The average molecular weight is 452 g/mol. The Morgan fingerprint density at radius 1 is 0.889 bits per heavy atom. The summed E-state index contributed by atoms with van der Waals surface area (Å²) in [6.07, 6.45) is 0. The van der Waals surface area contributed by atoms with Crippen molar-refractivity contribution in [3.05, 3.63) is 44.4 Å². The average Bonchev–Trinajstić information content (AvgIpc) is 2.53. The molecule has 0 heterocycles. The van der Waals surface area contributed by atoms with Gasteiger partial charge in [0, 0.05) is 11.4 Å². The lowest BCUT2D eigenvalue weighted by Gasteiger charge is -2.08. The van der Waals surface area contributed by atoms with Crippen molar-refractivity contribution in [2.45, 2.75) is 0 Å². The summed E-state index contributed by atoms with van der Waals surface area (Å²) < 4.78 is 9.98. The molecule has 6 N–H and O–H groups in total. The third-order valence-electron chi connectivity index (χ3n) is 2.68. The molecule has 27 heavy (non-hydrogen) atoms. The van der Waals surface area contributed by atoms with E-state index < -0.39 is 5.91 Å². The van der Waals surface area contributed by atoms with Crippen LogP contribution in [0.5, 0.6) is 11.5 Å². The van der Waals surface area contributed by atoms with Gasteiger partial charge in [0.1, 0.15) is 6.07 Å². The molecule has 144 valence electrons. The van der Waals surface area contributed by atoms with E-state index in [-0.39, 0.29) is 29.0 Å². The van der Waals surface area contributed by atoms with Crippen LogP contribution in [-0.2, 0) is 4.79 Å². The zero-order chi connectivity index (χ0) is 20.6. The smallest absolute Gasteiger partial charge is 0.255 e. The van der Waals surface area contributed by atoms with Gasteiger partial charge in [-0.15, -0.1) is 0 Å². The molecule has 2 rings (SSSR count). The molecule has 0 saturated carbocycles. The summed E-state index contributed by atoms with van der Waals surface area (Å²) in [5.74, 6) is -0.102. The molecule has 0 spiro atoms. The number of halogens is 4. The Bertz CT molecular complexity index is 825. The van der Waals surface area contributed by atoms with Gasteiger partial charge in [-0.1, -0.05) is 46.4 Å². The molecule has 11 heteroatoms. The number of anilines is 2. The van der Waals surface area contributed by atoms with Gasteiger partial charge >= 0.3 is 0 Å². The van der Waals surface area contributed by atoms with Crippen molar-refractivity contribution in [1.29, 1.82) is 5.26 Å². The molecule has 0 atom stereocenters. The fraction of sp³-hybridized carbons (Fsp3) is 0.125. The van der Waals surface area contributed by atoms with E-state index in [1.807, 2.05) is 6.07 Å². The molecule has 0 aliphatic heterocycles. The number of nitrogens with zero attached hydrogens (tertiary/aromatic N) is 1. The fourth-order valence-corrected chi connectivity index (χ4v) is 2.91. The summed E-state index contributed by atoms with van der Waals surface area (Å²) in [4.78, 5) is 10.4. The third kappa shape index (κ3) is 7.49. The third-order valence-corrected chi connectivity index (χ3v) is 3.80. The summed E-state index contributed by atoms with van der Waals surface area (Å²) >= 11 is 23.1. The number of amides is 1. The quantitative estimate of drug-likeness (QED) is 0.589. The summed E-state index contributed by atoms with van der Waals surface area (Å²) in [5.41, 5.74) is 16.7. The molecule has 0 saturated heterocycles. The maximum Gasteiger partial charge on any atom is 0.255 e. The highest BCUT2D eigenvalue weighted by molar-refractivity contribution is 6.38. The van der Waals surface area contributed by atoms with Crippen molar-refractivity contribution < 1.29 is 14.3 Å². The summed E-state index contributed by atoms with van der Waals surface area (Å²) in [7, 11) is 0. The first-order chi connectivity index (χ1) is 12.6. The zero-order valence-corrected chi connectivity index (χ0v) is 16.7. The van der Waals surface area contributed by atoms with Gasteiger partial charge in [0.2, 0.25) is 0 Å². The van der Waals surface area contributed by atoms with Crippen molar-refractivity contribution >= 4 is 63.7 Å². The highest BCUT2D eigenvalue weighted by atomic mass is 35.5. The molecule has 0 unspecified atom stereocenters. The lowest BCUT2D eigenvalue weighted by atomic mass is 10.3. The number of primary amides is 1.